The fourth-order valence-corrected chi connectivity index (χ4v) is 3.11. The van der Waals surface area contributed by atoms with Crippen LogP contribution in [0.5, 0.6) is 0 Å². The molecule has 1 heterocycles. The van der Waals surface area contributed by atoms with Crippen molar-refractivity contribution in [1.29, 1.82) is 0 Å². The minimum Gasteiger partial charge on any atom is -0.295 e. The van der Waals surface area contributed by atoms with E-state index in [2.05, 4.69) is 21.8 Å². The van der Waals surface area contributed by atoms with Crippen molar-refractivity contribution >= 4 is 10.0 Å². The van der Waals surface area contributed by atoms with Crippen molar-refractivity contribution in [2.45, 2.75) is 25.8 Å². The monoisotopic (exact) mass is 282 g/mol. The lowest BCUT2D eigenvalue weighted by atomic mass is 10.1. The molecule has 0 aliphatic carbocycles. The highest BCUT2D eigenvalue weighted by molar-refractivity contribution is 7.89. The van der Waals surface area contributed by atoms with E-state index in [1.807, 2.05) is 18.2 Å². The normalized spacial score (nSPS) is 18.6. The highest BCUT2D eigenvalue weighted by atomic mass is 32.2. The molecule has 1 fully saturated rings. The molecule has 1 aliphatic heterocycles. The van der Waals surface area contributed by atoms with Crippen LogP contribution in [0.2, 0.25) is 0 Å². The molecule has 1 N–H and O–H groups in total. The fraction of sp³-hybridized carbons (Fsp3) is 0.571. The summed E-state index contributed by atoms with van der Waals surface area (Å²) >= 11 is 0. The zero-order valence-corrected chi connectivity index (χ0v) is 12.2. The number of nitrogens with zero attached hydrogens (tertiary/aromatic N) is 1. The first-order valence-corrected chi connectivity index (χ1v) is 8.54. The Bertz CT molecular complexity index is 481. The summed E-state index contributed by atoms with van der Waals surface area (Å²) < 4.78 is 26.0. The van der Waals surface area contributed by atoms with Gasteiger partial charge in [0.2, 0.25) is 10.0 Å². The van der Waals surface area contributed by atoms with E-state index in [4.69, 9.17) is 0 Å². The molecule has 4 nitrogen and oxygen atoms in total. The SMILES string of the molecule is CCS(=O)(=O)NCC(c1ccccc1)N1CCCC1. The number of likely N-dealkylation sites (tertiary alicyclic amines) is 1. The van der Waals surface area contributed by atoms with Crippen LogP contribution < -0.4 is 4.72 Å². The van der Waals surface area contributed by atoms with E-state index in [9.17, 15) is 8.42 Å². The lowest BCUT2D eigenvalue weighted by molar-refractivity contribution is 0.246. The van der Waals surface area contributed by atoms with Gasteiger partial charge in [-0.2, -0.15) is 0 Å². The van der Waals surface area contributed by atoms with Gasteiger partial charge >= 0.3 is 0 Å². The predicted molar refractivity (Wildman–Crippen MR) is 77.5 cm³/mol. The van der Waals surface area contributed by atoms with Crippen LogP contribution >= 0.6 is 0 Å². The average molecular weight is 282 g/mol. The van der Waals surface area contributed by atoms with E-state index in [0.717, 1.165) is 13.1 Å². The second-order valence-corrected chi connectivity index (χ2v) is 7.02. The third-order valence-corrected chi connectivity index (χ3v) is 5.01. The molecule has 19 heavy (non-hydrogen) atoms. The number of rotatable bonds is 6. The first-order valence-electron chi connectivity index (χ1n) is 6.89. The van der Waals surface area contributed by atoms with Crippen LogP contribution in [0.15, 0.2) is 30.3 Å². The summed E-state index contributed by atoms with van der Waals surface area (Å²) in [6.07, 6.45) is 2.40. The maximum Gasteiger partial charge on any atom is 0.211 e. The molecular weight excluding hydrogens is 260 g/mol. The maximum atomic E-state index is 11.6. The van der Waals surface area contributed by atoms with E-state index in [1.54, 1.807) is 6.92 Å². The van der Waals surface area contributed by atoms with Gasteiger partial charge in [-0.1, -0.05) is 30.3 Å². The molecular formula is C14H22N2O2S. The average Bonchev–Trinajstić information content (AvgIpc) is 2.94. The van der Waals surface area contributed by atoms with Crippen molar-refractivity contribution in [1.82, 2.24) is 9.62 Å². The van der Waals surface area contributed by atoms with Gasteiger partial charge in [0, 0.05) is 12.6 Å². The third kappa shape index (κ3) is 4.03. The summed E-state index contributed by atoms with van der Waals surface area (Å²) in [7, 11) is -3.13. The largest absolute Gasteiger partial charge is 0.295 e. The van der Waals surface area contributed by atoms with Crippen LogP contribution in [0.3, 0.4) is 0 Å². The third-order valence-electron chi connectivity index (χ3n) is 3.64. The van der Waals surface area contributed by atoms with Crippen molar-refractivity contribution in [3.05, 3.63) is 35.9 Å². The molecule has 0 spiro atoms. The van der Waals surface area contributed by atoms with Crippen molar-refractivity contribution in [3.63, 3.8) is 0 Å². The summed E-state index contributed by atoms with van der Waals surface area (Å²) in [6, 6.07) is 10.3. The molecule has 106 valence electrons. The molecule has 1 saturated heterocycles. The van der Waals surface area contributed by atoms with Gasteiger partial charge in [0.25, 0.3) is 0 Å². The molecule has 5 heteroatoms. The molecule has 1 unspecified atom stereocenters. The Morgan fingerprint density at radius 2 is 1.84 bits per heavy atom. The van der Waals surface area contributed by atoms with E-state index in [-0.39, 0.29) is 11.8 Å². The zero-order valence-electron chi connectivity index (χ0n) is 11.4. The maximum absolute atomic E-state index is 11.6. The van der Waals surface area contributed by atoms with Crippen LogP contribution in [-0.4, -0.2) is 38.7 Å². The minimum atomic E-state index is -3.13. The van der Waals surface area contributed by atoms with E-state index in [1.165, 1.54) is 18.4 Å². The Hall–Kier alpha value is -0.910. The number of benzene rings is 1. The van der Waals surface area contributed by atoms with Gasteiger partial charge in [0.15, 0.2) is 0 Å². The van der Waals surface area contributed by atoms with Gasteiger partial charge in [0.05, 0.1) is 5.75 Å². The standard InChI is InChI=1S/C14H22N2O2S/c1-2-19(17,18)15-12-14(16-10-6-7-11-16)13-8-4-3-5-9-13/h3-5,8-9,14-15H,2,6-7,10-12H2,1H3. The van der Waals surface area contributed by atoms with Gasteiger partial charge in [-0.25, -0.2) is 13.1 Å². The Balaban J connectivity index is 2.11. The van der Waals surface area contributed by atoms with Crippen LogP contribution in [0, 0.1) is 0 Å². The quantitative estimate of drug-likeness (QED) is 0.865. The van der Waals surface area contributed by atoms with Gasteiger partial charge in [-0.05, 0) is 38.4 Å². The Morgan fingerprint density at radius 1 is 1.21 bits per heavy atom. The zero-order chi connectivity index (χ0) is 13.7. The van der Waals surface area contributed by atoms with Crippen LogP contribution in [0.1, 0.15) is 31.4 Å². The second kappa shape index (κ2) is 6.50. The van der Waals surface area contributed by atoms with E-state index >= 15 is 0 Å². The molecule has 0 aromatic heterocycles. The van der Waals surface area contributed by atoms with Gasteiger partial charge in [0.1, 0.15) is 0 Å². The molecule has 1 aromatic rings. The minimum absolute atomic E-state index is 0.133. The lowest BCUT2D eigenvalue weighted by Crippen LogP contribution is -2.37. The summed E-state index contributed by atoms with van der Waals surface area (Å²) in [6.45, 7) is 4.22. The predicted octanol–water partition coefficient (Wildman–Crippen LogP) is 1.76. The number of hydrogen-bond acceptors (Lipinski definition) is 3. The highest BCUT2D eigenvalue weighted by Crippen LogP contribution is 2.24. The summed E-state index contributed by atoms with van der Waals surface area (Å²) in [5.74, 6) is 0.133. The highest BCUT2D eigenvalue weighted by Gasteiger charge is 2.24. The topological polar surface area (TPSA) is 49.4 Å². The Labute approximate surface area is 115 Å². The first kappa shape index (κ1) is 14.5. The van der Waals surface area contributed by atoms with Crippen molar-refractivity contribution in [2.75, 3.05) is 25.4 Å². The van der Waals surface area contributed by atoms with E-state index in [0.29, 0.717) is 6.54 Å². The molecule has 0 saturated carbocycles. The molecule has 0 bridgehead atoms. The molecule has 0 amide bonds. The lowest BCUT2D eigenvalue weighted by Gasteiger charge is -2.28. The van der Waals surface area contributed by atoms with Gasteiger partial charge < -0.3 is 0 Å². The Morgan fingerprint density at radius 3 is 2.42 bits per heavy atom. The summed E-state index contributed by atoms with van der Waals surface area (Å²) in [4.78, 5) is 2.37. The fourth-order valence-electron chi connectivity index (χ4n) is 2.49. The molecule has 0 radical (unpaired) electrons. The van der Waals surface area contributed by atoms with E-state index < -0.39 is 10.0 Å². The summed E-state index contributed by atoms with van der Waals surface area (Å²) in [5.41, 5.74) is 1.18. The number of hydrogen-bond donors (Lipinski definition) is 1. The van der Waals surface area contributed by atoms with Gasteiger partial charge in [-0.15, -0.1) is 0 Å². The summed E-state index contributed by atoms with van der Waals surface area (Å²) in [5, 5.41) is 0. The van der Waals surface area contributed by atoms with Crippen LogP contribution in [0.25, 0.3) is 0 Å². The molecule has 2 rings (SSSR count). The Kier molecular flexibility index (Phi) is 4.96. The number of nitrogens with one attached hydrogen (secondary N) is 1. The molecule has 1 aliphatic rings. The van der Waals surface area contributed by atoms with Gasteiger partial charge in [-0.3, -0.25) is 4.90 Å². The first-order chi connectivity index (χ1) is 9.12. The second-order valence-electron chi connectivity index (χ2n) is 4.92. The van der Waals surface area contributed by atoms with Crippen molar-refractivity contribution < 1.29 is 8.42 Å². The number of sulfonamides is 1. The van der Waals surface area contributed by atoms with Crippen molar-refractivity contribution in [2.24, 2.45) is 0 Å². The van der Waals surface area contributed by atoms with Crippen LogP contribution in [0.4, 0.5) is 0 Å². The molecule has 1 atom stereocenters. The molecule has 1 aromatic carbocycles. The van der Waals surface area contributed by atoms with Crippen molar-refractivity contribution in [3.8, 4) is 0 Å². The van der Waals surface area contributed by atoms with Crippen LogP contribution in [-0.2, 0) is 10.0 Å². The smallest absolute Gasteiger partial charge is 0.211 e.